The van der Waals surface area contributed by atoms with Gasteiger partial charge in [0, 0.05) is 32.1 Å². The van der Waals surface area contributed by atoms with Crippen LogP contribution in [0, 0.1) is 5.92 Å². The molecule has 2 heterocycles. The van der Waals surface area contributed by atoms with Gasteiger partial charge in [0.15, 0.2) is 0 Å². The standard InChI is InChI=1S/C14H27N3O/c1-12-4-3-8-17(11-12)9-7-16-14(18)10-13-5-2-6-15-13/h12-13,15H,2-11H2,1H3,(H,16,18). The minimum absolute atomic E-state index is 0.208. The van der Waals surface area contributed by atoms with Gasteiger partial charge in [-0.1, -0.05) is 6.92 Å². The Kier molecular flexibility index (Phi) is 5.45. The number of carbonyl (C=O) groups is 1. The van der Waals surface area contributed by atoms with Gasteiger partial charge < -0.3 is 15.5 Å². The van der Waals surface area contributed by atoms with E-state index in [0.29, 0.717) is 12.5 Å². The molecule has 0 aliphatic carbocycles. The molecule has 0 spiro atoms. The van der Waals surface area contributed by atoms with Gasteiger partial charge in [0.05, 0.1) is 0 Å². The van der Waals surface area contributed by atoms with Crippen molar-refractivity contribution < 1.29 is 4.79 Å². The molecule has 0 saturated carbocycles. The third-order valence-corrected chi connectivity index (χ3v) is 4.09. The smallest absolute Gasteiger partial charge is 0.221 e. The number of hydrogen-bond donors (Lipinski definition) is 2. The highest BCUT2D eigenvalue weighted by molar-refractivity contribution is 5.76. The molecule has 2 aliphatic heterocycles. The normalized spacial score (nSPS) is 29.4. The third kappa shape index (κ3) is 4.58. The molecule has 0 bridgehead atoms. The van der Waals surface area contributed by atoms with Crippen molar-refractivity contribution in [1.29, 1.82) is 0 Å². The van der Waals surface area contributed by atoms with E-state index in [1.807, 2.05) is 0 Å². The fraction of sp³-hybridized carbons (Fsp3) is 0.929. The molecule has 2 fully saturated rings. The molecule has 104 valence electrons. The van der Waals surface area contributed by atoms with E-state index in [-0.39, 0.29) is 5.91 Å². The fourth-order valence-corrected chi connectivity index (χ4v) is 3.07. The highest BCUT2D eigenvalue weighted by Crippen LogP contribution is 2.14. The van der Waals surface area contributed by atoms with Crippen molar-refractivity contribution in [3.05, 3.63) is 0 Å². The summed E-state index contributed by atoms with van der Waals surface area (Å²) in [6.45, 7) is 7.59. The second-order valence-corrected chi connectivity index (χ2v) is 5.90. The SMILES string of the molecule is CC1CCCN(CCNC(=O)CC2CCCN2)C1. The van der Waals surface area contributed by atoms with E-state index in [1.54, 1.807) is 0 Å². The molecule has 2 N–H and O–H groups in total. The fourth-order valence-electron chi connectivity index (χ4n) is 3.07. The Balaban J connectivity index is 1.55. The van der Waals surface area contributed by atoms with Gasteiger partial charge in [-0.05, 0) is 44.7 Å². The van der Waals surface area contributed by atoms with E-state index in [9.17, 15) is 4.79 Å². The number of likely N-dealkylation sites (tertiary alicyclic amines) is 1. The van der Waals surface area contributed by atoms with Gasteiger partial charge in [0.25, 0.3) is 0 Å². The number of amides is 1. The Morgan fingerprint density at radius 2 is 2.28 bits per heavy atom. The quantitative estimate of drug-likeness (QED) is 0.767. The number of nitrogens with zero attached hydrogens (tertiary/aromatic N) is 1. The van der Waals surface area contributed by atoms with Gasteiger partial charge in [0.2, 0.25) is 5.91 Å². The predicted octanol–water partition coefficient (Wildman–Crippen LogP) is 0.977. The lowest BCUT2D eigenvalue weighted by Gasteiger charge is -2.30. The first-order chi connectivity index (χ1) is 8.74. The van der Waals surface area contributed by atoms with Gasteiger partial charge >= 0.3 is 0 Å². The Morgan fingerprint density at radius 3 is 3.00 bits per heavy atom. The van der Waals surface area contributed by atoms with E-state index in [2.05, 4.69) is 22.5 Å². The van der Waals surface area contributed by atoms with Crippen LogP contribution in [0.3, 0.4) is 0 Å². The lowest BCUT2D eigenvalue weighted by Crippen LogP contribution is -2.41. The lowest BCUT2D eigenvalue weighted by atomic mass is 10.0. The summed E-state index contributed by atoms with van der Waals surface area (Å²) in [6.07, 6.45) is 5.67. The van der Waals surface area contributed by atoms with Gasteiger partial charge in [-0.2, -0.15) is 0 Å². The summed E-state index contributed by atoms with van der Waals surface area (Å²) < 4.78 is 0. The Bertz CT molecular complexity index is 264. The number of piperidine rings is 1. The van der Waals surface area contributed by atoms with Crippen LogP contribution in [0.15, 0.2) is 0 Å². The highest BCUT2D eigenvalue weighted by atomic mass is 16.1. The molecule has 2 atom stereocenters. The summed E-state index contributed by atoms with van der Waals surface area (Å²) in [5, 5.41) is 6.41. The van der Waals surface area contributed by atoms with Crippen LogP contribution in [0.2, 0.25) is 0 Å². The molecule has 18 heavy (non-hydrogen) atoms. The van der Waals surface area contributed by atoms with Crippen molar-refractivity contribution >= 4 is 5.91 Å². The van der Waals surface area contributed by atoms with Crippen molar-refractivity contribution in [2.24, 2.45) is 5.92 Å². The molecular weight excluding hydrogens is 226 g/mol. The van der Waals surface area contributed by atoms with Crippen molar-refractivity contribution in [2.45, 2.75) is 45.1 Å². The summed E-state index contributed by atoms with van der Waals surface area (Å²) in [7, 11) is 0. The van der Waals surface area contributed by atoms with Crippen LogP contribution in [-0.2, 0) is 4.79 Å². The van der Waals surface area contributed by atoms with E-state index in [1.165, 1.54) is 32.4 Å². The van der Waals surface area contributed by atoms with Crippen molar-refractivity contribution in [1.82, 2.24) is 15.5 Å². The average Bonchev–Trinajstić information content (AvgIpc) is 2.82. The van der Waals surface area contributed by atoms with Crippen LogP contribution in [0.4, 0.5) is 0 Å². The molecule has 4 nitrogen and oxygen atoms in total. The van der Waals surface area contributed by atoms with Crippen LogP contribution >= 0.6 is 0 Å². The molecule has 2 aliphatic rings. The minimum Gasteiger partial charge on any atom is -0.355 e. The monoisotopic (exact) mass is 253 g/mol. The molecule has 2 rings (SSSR count). The molecule has 2 saturated heterocycles. The van der Waals surface area contributed by atoms with E-state index < -0.39 is 0 Å². The second-order valence-electron chi connectivity index (χ2n) is 5.90. The molecule has 1 amide bonds. The molecule has 0 aromatic carbocycles. The maximum atomic E-state index is 11.7. The Morgan fingerprint density at radius 1 is 1.39 bits per heavy atom. The van der Waals surface area contributed by atoms with Crippen molar-refractivity contribution in [3.8, 4) is 0 Å². The van der Waals surface area contributed by atoms with E-state index in [0.717, 1.165) is 32.0 Å². The highest BCUT2D eigenvalue weighted by Gasteiger charge is 2.18. The maximum Gasteiger partial charge on any atom is 0.221 e. The van der Waals surface area contributed by atoms with Crippen molar-refractivity contribution in [3.63, 3.8) is 0 Å². The summed E-state index contributed by atoms with van der Waals surface area (Å²) in [5.41, 5.74) is 0. The van der Waals surface area contributed by atoms with Gasteiger partial charge in [0.1, 0.15) is 0 Å². The summed E-state index contributed by atoms with van der Waals surface area (Å²) in [4.78, 5) is 14.2. The zero-order valence-corrected chi connectivity index (χ0v) is 11.6. The Hall–Kier alpha value is -0.610. The van der Waals surface area contributed by atoms with Crippen LogP contribution < -0.4 is 10.6 Å². The van der Waals surface area contributed by atoms with Crippen molar-refractivity contribution in [2.75, 3.05) is 32.7 Å². The predicted molar refractivity (Wildman–Crippen MR) is 73.5 cm³/mol. The lowest BCUT2D eigenvalue weighted by molar-refractivity contribution is -0.121. The molecular formula is C14H27N3O. The van der Waals surface area contributed by atoms with Crippen LogP contribution in [0.5, 0.6) is 0 Å². The largest absolute Gasteiger partial charge is 0.355 e. The zero-order valence-electron chi connectivity index (χ0n) is 11.6. The molecule has 2 unspecified atom stereocenters. The molecule has 0 aromatic rings. The minimum atomic E-state index is 0.208. The van der Waals surface area contributed by atoms with Gasteiger partial charge in [-0.25, -0.2) is 0 Å². The summed E-state index contributed by atoms with van der Waals surface area (Å²) in [5.74, 6) is 1.02. The van der Waals surface area contributed by atoms with Crippen LogP contribution in [0.25, 0.3) is 0 Å². The van der Waals surface area contributed by atoms with E-state index >= 15 is 0 Å². The Labute approximate surface area is 110 Å². The first-order valence-corrected chi connectivity index (χ1v) is 7.46. The first kappa shape index (κ1) is 13.8. The number of carbonyl (C=O) groups excluding carboxylic acids is 1. The van der Waals surface area contributed by atoms with Crippen LogP contribution in [0.1, 0.15) is 39.0 Å². The summed E-state index contributed by atoms with van der Waals surface area (Å²) >= 11 is 0. The number of rotatable bonds is 5. The second kappa shape index (κ2) is 7.10. The average molecular weight is 253 g/mol. The van der Waals surface area contributed by atoms with Crippen LogP contribution in [-0.4, -0.2) is 49.6 Å². The number of nitrogens with one attached hydrogen (secondary N) is 2. The maximum absolute atomic E-state index is 11.7. The molecule has 4 heteroatoms. The number of hydrogen-bond acceptors (Lipinski definition) is 3. The van der Waals surface area contributed by atoms with Gasteiger partial charge in [-0.15, -0.1) is 0 Å². The topological polar surface area (TPSA) is 44.4 Å². The summed E-state index contributed by atoms with van der Waals surface area (Å²) in [6, 6.07) is 0.417. The first-order valence-electron chi connectivity index (χ1n) is 7.46. The van der Waals surface area contributed by atoms with E-state index in [4.69, 9.17) is 0 Å². The third-order valence-electron chi connectivity index (χ3n) is 4.09. The molecule has 0 aromatic heterocycles. The molecule has 0 radical (unpaired) electrons. The van der Waals surface area contributed by atoms with Gasteiger partial charge in [-0.3, -0.25) is 4.79 Å². The zero-order chi connectivity index (χ0) is 12.8.